The molecule has 0 aliphatic carbocycles. The minimum absolute atomic E-state index is 0.243. The van der Waals surface area contributed by atoms with Crippen LogP contribution in [0.4, 0.5) is 11.4 Å². The molecule has 2 amide bonds. The Kier molecular flexibility index (Phi) is 5.57. The van der Waals surface area contributed by atoms with Crippen molar-refractivity contribution in [2.75, 3.05) is 17.3 Å². The van der Waals surface area contributed by atoms with Crippen molar-refractivity contribution < 1.29 is 14.3 Å². The van der Waals surface area contributed by atoms with Crippen molar-refractivity contribution in [1.29, 1.82) is 0 Å². The van der Waals surface area contributed by atoms with Gasteiger partial charge in [-0.1, -0.05) is 48.0 Å². The Hall–Kier alpha value is -3.86. The first kappa shape index (κ1) is 21.4. The zero-order valence-electron chi connectivity index (χ0n) is 18.9. The van der Waals surface area contributed by atoms with Crippen molar-refractivity contribution in [3.8, 4) is 5.75 Å². The molecular weight excluding hydrogens is 400 g/mol. The van der Waals surface area contributed by atoms with Gasteiger partial charge in [0.1, 0.15) is 11.4 Å². The smallest absolute Gasteiger partial charge is 0.282 e. The van der Waals surface area contributed by atoms with E-state index < -0.39 is 0 Å². The van der Waals surface area contributed by atoms with E-state index in [1.807, 2.05) is 76.2 Å². The van der Waals surface area contributed by atoms with Gasteiger partial charge in [0.15, 0.2) is 0 Å². The molecule has 0 spiro atoms. The van der Waals surface area contributed by atoms with Gasteiger partial charge in [0.2, 0.25) is 0 Å². The molecule has 1 aliphatic rings. The van der Waals surface area contributed by atoms with Crippen LogP contribution in [-0.4, -0.2) is 18.9 Å². The molecule has 0 unspecified atom stereocenters. The highest BCUT2D eigenvalue weighted by molar-refractivity contribution is 6.46. The summed E-state index contributed by atoms with van der Waals surface area (Å²) >= 11 is 0. The number of benzene rings is 3. The molecule has 0 atom stereocenters. The number of aryl methyl sites for hydroxylation is 4. The molecule has 32 heavy (non-hydrogen) atoms. The van der Waals surface area contributed by atoms with Crippen molar-refractivity contribution in [2.45, 2.75) is 27.7 Å². The third kappa shape index (κ3) is 3.66. The zero-order valence-corrected chi connectivity index (χ0v) is 18.9. The van der Waals surface area contributed by atoms with Crippen molar-refractivity contribution in [3.05, 3.63) is 94.2 Å². The third-order valence-electron chi connectivity index (χ3n) is 5.71. The van der Waals surface area contributed by atoms with E-state index in [2.05, 4.69) is 5.32 Å². The number of amides is 2. The minimum atomic E-state index is -0.385. The van der Waals surface area contributed by atoms with Crippen molar-refractivity contribution in [2.24, 2.45) is 0 Å². The van der Waals surface area contributed by atoms with Crippen LogP contribution in [0.25, 0.3) is 5.57 Å². The molecule has 0 bridgehead atoms. The summed E-state index contributed by atoms with van der Waals surface area (Å²) in [4.78, 5) is 28.7. The van der Waals surface area contributed by atoms with Gasteiger partial charge in [0, 0.05) is 11.3 Å². The summed E-state index contributed by atoms with van der Waals surface area (Å²) in [5.41, 5.74) is 6.42. The second-order valence-corrected chi connectivity index (χ2v) is 8.13. The van der Waals surface area contributed by atoms with Crippen molar-refractivity contribution >= 4 is 28.8 Å². The highest BCUT2D eigenvalue weighted by Gasteiger charge is 2.41. The first-order valence-electron chi connectivity index (χ1n) is 10.5. The Bertz CT molecular complexity index is 1270. The molecule has 5 nitrogen and oxygen atoms in total. The number of para-hydroxylation sites is 1. The van der Waals surface area contributed by atoms with Gasteiger partial charge in [-0.05, 0) is 62.6 Å². The zero-order chi connectivity index (χ0) is 23.0. The number of nitrogens with zero attached hydrogens (tertiary/aromatic N) is 1. The van der Waals surface area contributed by atoms with Gasteiger partial charge in [-0.2, -0.15) is 0 Å². The van der Waals surface area contributed by atoms with Crippen LogP contribution >= 0.6 is 0 Å². The predicted octanol–water partition coefficient (Wildman–Crippen LogP) is 5.33. The normalized spacial score (nSPS) is 13.7. The van der Waals surface area contributed by atoms with Gasteiger partial charge >= 0.3 is 0 Å². The molecule has 0 fully saturated rings. The summed E-state index contributed by atoms with van der Waals surface area (Å²) in [6.07, 6.45) is 0. The van der Waals surface area contributed by atoms with Crippen LogP contribution in [0.1, 0.15) is 27.8 Å². The van der Waals surface area contributed by atoms with Gasteiger partial charge in [-0.3, -0.25) is 9.59 Å². The minimum Gasteiger partial charge on any atom is -0.496 e. The average Bonchev–Trinajstić information content (AvgIpc) is 3.01. The molecule has 162 valence electrons. The lowest BCUT2D eigenvalue weighted by molar-refractivity contribution is -0.120. The van der Waals surface area contributed by atoms with Crippen LogP contribution in [-0.2, 0) is 9.59 Å². The molecule has 3 aromatic rings. The molecule has 0 aromatic heterocycles. The fourth-order valence-electron chi connectivity index (χ4n) is 4.01. The van der Waals surface area contributed by atoms with Gasteiger partial charge in [0.25, 0.3) is 11.8 Å². The predicted molar refractivity (Wildman–Crippen MR) is 128 cm³/mol. The van der Waals surface area contributed by atoms with Crippen molar-refractivity contribution in [1.82, 2.24) is 0 Å². The van der Waals surface area contributed by atoms with E-state index >= 15 is 0 Å². The van der Waals surface area contributed by atoms with Gasteiger partial charge < -0.3 is 10.1 Å². The maximum absolute atomic E-state index is 13.7. The first-order chi connectivity index (χ1) is 15.3. The number of rotatable bonds is 5. The number of anilines is 2. The second kappa shape index (κ2) is 8.35. The summed E-state index contributed by atoms with van der Waals surface area (Å²) in [5, 5.41) is 3.26. The largest absolute Gasteiger partial charge is 0.496 e. The lowest BCUT2D eigenvalue weighted by Crippen LogP contribution is -2.33. The molecule has 0 saturated heterocycles. The number of hydrogen-bond acceptors (Lipinski definition) is 4. The number of methoxy groups -OCH3 is 1. The number of hydrogen-bond donors (Lipinski definition) is 1. The number of imide groups is 1. The Labute approximate surface area is 188 Å². The maximum Gasteiger partial charge on any atom is 0.282 e. The van der Waals surface area contributed by atoms with E-state index in [-0.39, 0.29) is 17.5 Å². The molecule has 0 saturated carbocycles. The summed E-state index contributed by atoms with van der Waals surface area (Å²) in [6, 6.07) is 18.9. The highest BCUT2D eigenvalue weighted by atomic mass is 16.5. The molecule has 4 rings (SSSR count). The fourth-order valence-corrected chi connectivity index (χ4v) is 4.01. The quantitative estimate of drug-likeness (QED) is 0.561. The SMILES string of the molecule is COc1ccccc1C1=C(Nc2ccc(C)cc2C)C(=O)N(c2cc(C)ccc2C)C1=O. The van der Waals surface area contributed by atoms with E-state index in [1.54, 1.807) is 19.2 Å². The van der Waals surface area contributed by atoms with E-state index in [9.17, 15) is 9.59 Å². The average molecular weight is 427 g/mol. The molecular formula is C27H26N2O3. The standard InChI is InChI=1S/C27H26N2O3/c1-16-11-13-21(19(4)14-16)28-25-24(20-8-6-7-9-23(20)32-5)26(30)29(27(25)31)22-15-17(2)10-12-18(22)3/h6-15,28H,1-5H3. The number of ether oxygens (including phenoxy) is 1. The highest BCUT2D eigenvalue weighted by Crippen LogP contribution is 2.38. The lowest BCUT2D eigenvalue weighted by atomic mass is 10.0. The van der Waals surface area contributed by atoms with Crippen LogP contribution < -0.4 is 15.0 Å². The van der Waals surface area contributed by atoms with E-state index in [1.165, 1.54) is 4.90 Å². The molecule has 3 aromatic carbocycles. The number of carbonyl (C=O) groups is 2. The van der Waals surface area contributed by atoms with E-state index in [0.717, 1.165) is 27.9 Å². The topological polar surface area (TPSA) is 58.6 Å². The molecule has 1 N–H and O–H groups in total. The van der Waals surface area contributed by atoms with Crippen LogP contribution in [0.15, 0.2) is 66.4 Å². The molecule has 1 aliphatic heterocycles. The monoisotopic (exact) mass is 426 g/mol. The van der Waals surface area contributed by atoms with Crippen LogP contribution in [0.2, 0.25) is 0 Å². The Balaban J connectivity index is 1.91. The summed E-state index contributed by atoms with van der Waals surface area (Å²) in [5.74, 6) is -0.226. The van der Waals surface area contributed by atoms with Crippen molar-refractivity contribution in [3.63, 3.8) is 0 Å². The van der Waals surface area contributed by atoms with E-state index in [0.29, 0.717) is 22.6 Å². The second-order valence-electron chi connectivity index (χ2n) is 8.13. The Morgan fingerprint density at radius 3 is 2.19 bits per heavy atom. The summed E-state index contributed by atoms with van der Waals surface area (Å²) in [6.45, 7) is 7.83. The Morgan fingerprint density at radius 2 is 1.47 bits per heavy atom. The third-order valence-corrected chi connectivity index (χ3v) is 5.71. The van der Waals surface area contributed by atoms with Gasteiger partial charge in [-0.25, -0.2) is 4.90 Å². The van der Waals surface area contributed by atoms with Crippen LogP contribution in [0.3, 0.4) is 0 Å². The molecule has 5 heteroatoms. The number of nitrogens with one attached hydrogen (secondary N) is 1. The van der Waals surface area contributed by atoms with Gasteiger partial charge in [-0.15, -0.1) is 0 Å². The van der Waals surface area contributed by atoms with Gasteiger partial charge in [0.05, 0.1) is 18.4 Å². The summed E-state index contributed by atoms with van der Waals surface area (Å²) in [7, 11) is 1.56. The van der Waals surface area contributed by atoms with Crippen LogP contribution in [0.5, 0.6) is 5.75 Å². The number of carbonyl (C=O) groups excluding carboxylic acids is 2. The maximum atomic E-state index is 13.7. The fraction of sp³-hybridized carbons (Fsp3) is 0.185. The summed E-state index contributed by atoms with van der Waals surface area (Å²) < 4.78 is 5.52. The molecule has 0 radical (unpaired) electrons. The van der Waals surface area contributed by atoms with Crippen LogP contribution in [0, 0.1) is 27.7 Å². The Morgan fingerprint density at radius 1 is 0.781 bits per heavy atom. The first-order valence-corrected chi connectivity index (χ1v) is 10.5. The van der Waals surface area contributed by atoms with E-state index in [4.69, 9.17) is 4.74 Å². The lowest BCUT2D eigenvalue weighted by Gasteiger charge is -2.19. The molecule has 1 heterocycles.